The Hall–Kier alpha value is -6.19. The van der Waals surface area contributed by atoms with Crippen LogP contribution in [0.25, 0.3) is 0 Å². The van der Waals surface area contributed by atoms with Crippen LogP contribution in [0.5, 0.6) is 23.0 Å². The number of ether oxygens (including phenoxy) is 6. The fourth-order valence-corrected chi connectivity index (χ4v) is 6.13. The summed E-state index contributed by atoms with van der Waals surface area (Å²) in [6.45, 7) is 2.86. The number of hydrogen-bond donors (Lipinski definition) is 3. The highest BCUT2D eigenvalue weighted by atomic mass is 19.1. The van der Waals surface area contributed by atoms with Crippen LogP contribution in [0, 0.1) is 11.7 Å². The maximum absolute atomic E-state index is 13.0. The molecule has 57 heavy (non-hydrogen) atoms. The Kier molecular flexibility index (Phi) is 16.2. The van der Waals surface area contributed by atoms with Gasteiger partial charge in [0.15, 0.2) is 11.5 Å². The molecule has 3 atom stereocenters. The molecule has 14 nitrogen and oxygen atoms in total. The molecule has 3 N–H and O–H groups in total. The Bertz CT molecular complexity index is 1850. The predicted molar refractivity (Wildman–Crippen MR) is 203 cm³/mol. The van der Waals surface area contributed by atoms with Gasteiger partial charge in [0.05, 0.1) is 45.7 Å². The molecule has 0 spiro atoms. The first kappa shape index (κ1) is 43.5. The molecule has 4 aromatic rings. The van der Waals surface area contributed by atoms with Gasteiger partial charge < -0.3 is 48.6 Å². The number of halogens is 1. The van der Waals surface area contributed by atoms with Gasteiger partial charge in [0.2, 0.25) is 12.2 Å². The maximum Gasteiger partial charge on any atom is 0.349 e. The van der Waals surface area contributed by atoms with Gasteiger partial charge in [0, 0.05) is 12.1 Å². The van der Waals surface area contributed by atoms with Crippen molar-refractivity contribution >= 4 is 23.9 Å². The number of rotatable bonds is 16. The molecule has 0 aliphatic carbocycles. The van der Waals surface area contributed by atoms with E-state index in [4.69, 9.17) is 28.4 Å². The van der Waals surface area contributed by atoms with Crippen LogP contribution in [0.4, 0.5) is 4.39 Å². The number of aliphatic carboxylic acids is 2. The zero-order chi connectivity index (χ0) is 41.5. The lowest BCUT2D eigenvalue weighted by Crippen LogP contribution is -2.45. The molecule has 1 heterocycles. The highest BCUT2D eigenvalue weighted by Crippen LogP contribution is 2.40. The van der Waals surface area contributed by atoms with Crippen molar-refractivity contribution in [1.29, 1.82) is 0 Å². The second kappa shape index (κ2) is 21.2. The second-order valence-electron chi connectivity index (χ2n) is 12.9. The number of piperidine rings is 1. The number of nitrogens with zero attached hydrogens (tertiary/aromatic N) is 1. The van der Waals surface area contributed by atoms with Gasteiger partial charge >= 0.3 is 23.9 Å². The lowest BCUT2D eigenvalue weighted by molar-refractivity contribution is -0.166. The van der Waals surface area contributed by atoms with Crippen LogP contribution in [0.2, 0.25) is 0 Å². The molecule has 0 bridgehead atoms. The molecule has 15 heteroatoms. The summed E-state index contributed by atoms with van der Waals surface area (Å²) in [7, 11) is 6.05. The van der Waals surface area contributed by atoms with Crippen molar-refractivity contribution in [3.8, 4) is 23.0 Å². The molecular weight excluding hydrogens is 745 g/mol. The molecule has 1 fully saturated rings. The van der Waals surface area contributed by atoms with Gasteiger partial charge in [-0.15, -0.1) is 0 Å². The van der Waals surface area contributed by atoms with Crippen LogP contribution < -0.4 is 18.9 Å². The van der Waals surface area contributed by atoms with Crippen molar-refractivity contribution in [3.63, 3.8) is 0 Å². The summed E-state index contributed by atoms with van der Waals surface area (Å²) in [5, 5.41) is 29.6. The number of hydrogen-bond acceptors (Lipinski definition) is 12. The number of para-hydroxylation sites is 1. The van der Waals surface area contributed by atoms with Gasteiger partial charge in [-0.2, -0.15) is 0 Å². The number of methoxy groups -OCH3 is 4. The Morgan fingerprint density at radius 3 is 1.60 bits per heavy atom. The van der Waals surface area contributed by atoms with E-state index in [9.17, 15) is 38.9 Å². The number of aliphatic hydroxyl groups excluding tert-OH is 1. The molecule has 0 radical (unpaired) electrons. The molecule has 5 rings (SSSR count). The average Bonchev–Trinajstić information content (AvgIpc) is 3.24. The van der Waals surface area contributed by atoms with Gasteiger partial charge in [-0.05, 0) is 111 Å². The van der Waals surface area contributed by atoms with E-state index >= 15 is 0 Å². The number of likely N-dealkylation sites (tertiary alicyclic amines) is 1. The first-order chi connectivity index (χ1) is 27.4. The third kappa shape index (κ3) is 12.1. The van der Waals surface area contributed by atoms with Crippen molar-refractivity contribution in [2.45, 2.75) is 37.6 Å². The molecular formula is C42H46FNO13. The summed E-state index contributed by atoms with van der Waals surface area (Å²) in [5.41, 5.74) is 1.85. The van der Waals surface area contributed by atoms with Crippen molar-refractivity contribution < 1.29 is 67.3 Å². The van der Waals surface area contributed by atoms with E-state index in [1.54, 1.807) is 14.2 Å². The zero-order valence-corrected chi connectivity index (χ0v) is 32.0. The molecule has 0 amide bonds. The molecule has 0 saturated carbocycles. The number of aliphatic hydroxyl groups is 1. The van der Waals surface area contributed by atoms with E-state index in [1.807, 2.05) is 30.3 Å². The van der Waals surface area contributed by atoms with Crippen LogP contribution in [0.15, 0.2) is 91.0 Å². The zero-order valence-electron chi connectivity index (χ0n) is 32.0. The summed E-state index contributed by atoms with van der Waals surface area (Å²) in [5.74, 6) is -3.67. The minimum Gasteiger partial charge on any atom is -0.497 e. The van der Waals surface area contributed by atoms with Crippen LogP contribution >= 0.6 is 0 Å². The monoisotopic (exact) mass is 791 g/mol. The standard InChI is InChI=1S/C22H28FNO3.C20H18O10/c1-26-20-5-3-4-19(22(20)27-2)21(25)17-11-14-24(15-12-17)13-10-16-6-8-18(23)9-7-16;1-27-13-7-3-11(4-8-13)19(25)29-15(17(21)22)16(18(23)24)30-20(26)12-5-9-14(28-2)10-6-12/h3-9,17,21,25H,10-15H2,1-2H3;3-10,15-16H,1-2H3,(H,21,22)(H,23,24). The van der Waals surface area contributed by atoms with E-state index in [2.05, 4.69) is 4.90 Å². The fourth-order valence-electron chi connectivity index (χ4n) is 6.13. The lowest BCUT2D eigenvalue weighted by Gasteiger charge is -2.34. The Morgan fingerprint density at radius 1 is 0.684 bits per heavy atom. The Labute approximate surface area is 329 Å². The molecule has 304 valence electrons. The summed E-state index contributed by atoms with van der Waals surface area (Å²) in [4.78, 5) is 50.0. The number of carbonyl (C=O) groups is 4. The van der Waals surface area contributed by atoms with Gasteiger partial charge in [-0.3, -0.25) is 0 Å². The van der Waals surface area contributed by atoms with Crippen LogP contribution in [-0.2, 0) is 25.5 Å². The normalized spacial score (nSPS) is 14.4. The predicted octanol–water partition coefficient (Wildman–Crippen LogP) is 5.46. The van der Waals surface area contributed by atoms with E-state index in [0.29, 0.717) is 23.0 Å². The number of esters is 2. The summed E-state index contributed by atoms with van der Waals surface area (Å²) in [6.07, 6.45) is -2.33. The fraction of sp³-hybridized carbons (Fsp3) is 0.333. The van der Waals surface area contributed by atoms with Crippen LogP contribution in [0.1, 0.15) is 50.8 Å². The average molecular weight is 792 g/mol. The molecule has 4 aromatic carbocycles. The van der Waals surface area contributed by atoms with Crippen LogP contribution in [-0.4, -0.2) is 104 Å². The quantitative estimate of drug-likeness (QED) is 0.122. The smallest absolute Gasteiger partial charge is 0.349 e. The van der Waals surface area contributed by atoms with E-state index in [-0.39, 0.29) is 22.9 Å². The van der Waals surface area contributed by atoms with E-state index in [1.165, 1.54) is 74.9 Å². The maximum atomic E-state index is 13.0. The lowest BCUT2D eigenvalue weighted by atomic mass is 9.87. The van der Waals surface area contributed by atoms with Crippen molar-refractivity contribution in [3.05, 3.63) is 119 Å². The highest BCUT2D eigenvalue weighted by molar-refractivity contribution is 5.95. The van der Waals surface area contributed by atoms with Gasteiger partial charge in [-0.25, -0.2) is 23.6 Å². The van der Waals surface area contributed by atoms with Gasteiger partial charge in [-0.1, -0.05) is 24.3 Å². The number of carbonyl (C=O) groups excluding carboxylic acids is 2. The largest absolute Gasteiger partial charge is 0.497 e. The number of carboxylic acid groups (broad SMARTS) is 2. The molecule has 1 aliphatic heterocycles. The van der Waals surface area contributed by atoms with E-state index in [0.717, 1.165) is 50.0 Å². The summed E-state index contributed by atoms with van der Waals surface area (Å²) in [6, 6.07) is 23.3. The molecule has 1 saturated heterocycles. The topological polar surface area (TPSA) is 188 Å². The molecule has 0 aromatic heterocycles. The summed E-state index contributed by atoms with van der Waals surface area (Å²) >= 11 is 0. The third-order valence-electron chi connectivity index (χ3n) is 9.34. The van der Waals surface area contributed by atoms with Crippen molar-refractivity contribution in [2.24, 2.45) is 5.92 Å². The Morgan fingerprint density at radius 2 is 1.18 bits per heavy atom. The molecule has 3 unspecified atom stereocenters. The SMILES string of the molecule is COc1ccc(C(=O)OC(C(=O)O)C(OC(=O)c2ccc(OC)cc2)C(=O)O)cc1.COc1cccc(C(O)C2CCN(CCc3ccc(F)cc3)CC2)c1OC. The van der Waals surface area contributed by atoms with Gasteiger partial charge in [0.25, 0.3) is 0 Å². The number of benzene rings is 4. The Balaban J connectivity index is 0.000000254. The van der Waals surface area contributed by atoms with E-state index < -0.39 is 42.2 Å². The van der Waals surface area contributed by atoms with Crippen LogP contribution in [0.3, 0.4) is 0 Å². The van der Waals surface area contributed by atoms with Gasteiger partial charge in [0.1, 0.15) is 17.3 Å². The third-order valence-corrected chi connectivity index (χ3v) is 9.34. The minimum absolute atomic E-state index is 0.0485. The van der Waals surface area contributed by atoms with Crippen molar-refractivity contribution in [2.75, 3.05) is 48.1 Å². The first-order valence-corrected chi connectivity index (χ1v) is 17.9. The van der Waals surface area contributed by atoms with Crippen molar-refractivity contribution in [1.82, 2.24) is 4.90 Å². The second-order valence-corrected chi connectivity index (χ2v) is 12.9. The molecule has 1 aliphatic rings. The summed E-state index contributed by atoms with van der Waals surface area (Å²) < 4.78 is 43.3. The minimum atomic E-state index is -2.28. The number of carboxylic acids is 2. The first-order valence-electron chi connectivity index (χ1n) is 17.9. The highest BCUT2D eigenvalue weighted by Gasteiger charge is 2.41.